The number of aromatic nitrogens is 4. The van der Waals surface area contributed by atoms with Crippen LogP contribution in [0.2, 0.25) is 0 Å². The summed E-state index contributed by atoms with van der Waals surface area (Å²) in [6, 6.07) is 8.17. The van der Waals surface area contributed by atoms with Crippen molar-refractivity contribution in [3.63, 3.8) is 0 Å². The number of hydrogen-bond donors (Lipinski definition) is 2. The smallest absolute Gasteiger partial charge is 0.204 e. The first-order valence-electron chi connectivity index (χ1n) is 4.87. The van der Waals surface area contributed by atoms with Crippen molar-refractivity contribution in [1.29, 1.82) is 0 Å². The molecule has 2 N–H and O–H groups in total. The molecule has 1 aromatic carbocycles. The van der Waals surface area contributed by atoms with Gasteiger partial charge in [-0.15, -0.1) is 10.2 Å². The van der Waals surface area contributed by atoms with E-state index in [4.69, 9.17) is 0 Å². The molecule has 0 atom stereocenters. The molecular weight excluding hydrogens is 190 g/mol. The van der Waals surface area contributed by atoms with Gasteiger partial charge in [0.05, 0.1) is 0 Å². The van der Waals surface area contributed by atoms with Gasteiger partial charge in [0.1, 0.15) is 0 Å². The number of nitrogens with one attached hydrogen (secondary N) is 2. The van der Waals surface area contributed by atoms with E-state index in [-0.39, 0.29) is 0 Å². The highest BCUT2D eigenvalue weighted by Gasteiger charge is 2.02. The summed E-state index contributed by atoms with van der Waals surface area (Å²) in [4.78, 5) is 0. The Hall–Kier alpha value is -1.75. The minimum atomic E-state index is 0.640. The average molecular weight is 203 g/mol. The van der Waals surface area contributed by atoms with Gasteiger partial charge in [-0.05, 0) is 36.9 Å². The summed E-state index contributed by atoms with van der Waals surface area (Å²) in [5, 5.41) is 17.0. The predicted octanol–water partition coefficient (Wildman–Crippen LogP) is 0.629. The lowest BCUT2D eigenvalue weighted by Gasteiger charge is -2.01. The van der Waals surface area contributed by atoms with Gasteiger partial charge in [0.15, 0.2) is 0 Å². The van der Waals surface area contributed by atoms with E-state index >= 15 is 0 Å². The Morgan fingerprint density at radius 3 is 3.07 bits per heavy atom. The lowest BCUT2D eigenvalue weighted by atomic mass is 10.1. The Labute approximate surface area is 87.9 Å². The standard InChI is InChI=1S/C10H13N5/c1-11-6-5-8-3-2-4-9(7-8)10-12-14-15-13-10/h2-4,7,11H,5-6H2,1H3,(H,12,13,14,15). The number of tetrazole rings is 1. The number of likely N-dealkylation sites (N-methyl/N-ethyl adjacent to an activating group) is 1. The molecule has 0 unspecified atom stereocenters. The van der Waals surface area contributed by atoms with E-state index in [0.29, 0.717) is 5.82 Å². The van der Waals surface area contributed by atoms with E-state index in [1.807, 2.05) is 19.2 Å². The third-order valence-corrected chi connectivity index (χ3v) is 2.19. The normalized spacial score (nSPS) is 10.5. The van der Waals surface area contributed by atoms with Gasteiger partial charge in [-0.3, -0.25) is 0 Å². The molecule has 1 heterocycles. The quantitative estimate of drug-likeness (QED) is 0.764. The largest absolute Gasteiger partial charge is 0.319 e. The fourth-order valence-electron chi connectivity index (χ4n) is 1.42. The molecule has 0 fully saturated rings. The van der Waals surface area contributed by atoms with Crippen LogP contribution in [0.4, 0.5) is 0 Å². The van der Waals surface area contributed by atoms with Crippen molar-refractivity contribution in [2.75, 3.05) is 13.6 Å². The molecule has 78 valence electrons. The minimum absolute atomic E-state index is 0.640. The molecule has 2 aromatic rings. The molecular formula is C10H13N5. The van der Waals surface area contributed by atoms with E-state index in [2.05, 4.69) is 38.1 Å². The highest BCUT2D eigenvalue weighted by Crippen LogP contribution is 2.14. The lowest BCUT2D eigenvalue weighted by Crippen LogP contribution is -2.10. The van der Waals surface area contributed by atoms with Gasteiger partial charge in [-0.2, -0.15) is 5.21 Å². The Bertz CT molecular complexity index is 410. The molecule has 0 aliphatic rings. The van der Waals surface area contributed by atoms with Crippen LogP contribution < -0.4 is 5.32 Å². The zero-order chi connectivity index (χ0) is 10.5. The Kier molecular flexibility index (Phi) is 3.04. The highest BCUT2D eigenvalue weighted by atomic mass is 15.5. The first kappa shape index (κ1) is 9.79. The van der Waals surface area contributed by atoms with Gasteiger partial charge < -0.3 is 5.32 Å². The molecule has 0 saturated heterocycles. The van der Waals surface area contributed by atoms with Gasteiger partial charge in [0, 0.05) is 5.56 Å². The predicted molar refractivity (Wildman–Crippen MR) is 57.2 cm³/mol. The Morgan fingerprint density at radius 1 is 1.40 bits per heavy atom. The van der Waals surface area contributed by atoms with Crippen LogP contribution in [0.15, 0.2) is 24.3 Å². The molecule has 0 bridgehead atoms. The van der Waals surface area contributed by atoms with E-state index < -0.39 is 0 Å². The summed E-state index contributed by atoms with van der Waals surface area (Å²) >= 11 is 0. The van der Waals surface area contributed by atoms with E-state index in [1.165, 1.54) is 5.56 Å². The van der Waals surface area contributed by atoms with Gasteiger partial charge in [0.25, 0.3) is 0 Å². The van der Waals surface area contributed by atoms with Gasteiger partial charge in [-0.25, -0.2) is 0 Å². The summed E-state index contributed by atoms with van der Waals surface area (Å²) in [6.45, 7) is 0.968. The first-order chi connectivity index (χ1) is 7.40. The number of hydrogen-bond acceptors (Lipinski definition) is 4. The second-order valence-electron chi connectivity index (χ2n) is 3.29. The van der Waals surface area contributed by atoms with Crippen LogP contribution >= 0.6 is 0 Å². The second kappa shape index (κ2) is 4.65. The van der Waals surface area contributed by atoms with Gasteiger partial charge >= 0.3 is 0 Å². The summed E-state index contributed by atoms with van der Waals surface area (Å²) in [7, 11) is 1.95. The number of benzene rings is 1. The van der Waals surface area contributed by atoms with Crippen molar-refractivity contribution >= 4 is 0 Å². The number of aromatic amines is 1. The summed E-state index contributed by atoms with van der Waals surface area (Å²) in [5.74, 6) is 0.640. The van der Waals surface area contributed by atoms with E-state index in [1.54, 1.807) is 0 Å². The van der Waals surface area contributed by atoms with Crippen molar-refractivity contribution in [2.24, 2.45) is 0 Å². The van der Waals surface area contributed by atoms with Crippen molar-refractivity contribution < 1.29 is 0 Å². The maximum atomic E-state index is 3.95. The van der Waals surface area contributed by atoms with E-state index in [0.717, 1.165) is 18.5 Å². The van der Waals surface area contributed by atoms with Crippen molar-refractivity contribution in [2.45, 2.75) is 6.42 Å². The molecule has 1 aromatic heterocycles. The zero-order valence-corrected chi connectivity index (χ0v) is 8.57. The molecule has 0 amide bonds. The van der Waals surface area contributed by atoms with Crippen LogP contribution in [0.3, 0.4) is 0 Å². The molecule has 5 nitrogen and oxygen atoms in total. The average Bonchev–Trinajstić information content (AvgIpc) is 2.80. The molecule has 15 heavy (non-hydrogen) atoms. The number of rotatable bonds is 4. The van der Waals surface area contributed by atoms with Crippen LogP contribution in [0.1, 0.15) is 5.56 Å². The van der Waals surface area contributed by atoms with Crippen LogP contribution in [-0.2, 0) is 6.42 Å². The van der Waals surface area contributed by atoms with Crippen LogP contribution in [0.5, 0.6) is 0 Å². The van der Waals surface area contributed by atoms with Crippen molar-refractivity contribution in [3.05, 3.63) is 29.8 Å². The van der Waals surface area contributed by atoms with Crippen LogP contribution in [0.25, 0.3) is 11.4 Å². The summed E-state index contributed by atoms with van der Waals surface area (Å²) < 4.78 is 0. The number of nitrogens with zero attached hydrogens (tertiary/aromatic N) is 3. The first-order valence-corrected chi connectivity index (χ1v) is 4.87. The molecule has 2 rings (SSSR count). The second-order valence-corrected chi connectivity index (χ2v) is 3.29. The SMILES string of the molecule is CNCCc1cccc(-c2nn[nH]n2)c1. The highest BCUT2D eigenvalue weighted by molar-refractivity contribution is 5.54. The molecule has 0 radical (unpaired) electrons. The fraction of sp³-hybridized carbons (Fsp3) is 0.300. The zero-order valence-electron chi connectivity index (χ0n) is 8.57. The van der Waals surface area contributed by atoms with E-state index in [9.17, 15) is 0 Å². The molecule has 0 aliphatic carbocycles. The molecule has 0 aliphatic heterocycles. The van der Waals surface area contributed by atoms with Gasteiger partial charge in [0.2, 0.25) is 5.82 Å². The van der Waals surface area contributed by atoms with Crippen LogP contribution in [0, 0.1) is 0 Å². The van der Waals surface area contributed by atoms with Crippen molar-refractivity contribution in [1.82, 2.24) is 25.9 Å². The lowest BCUT2D eigenvalue weighted by molar-refractivity contribution is 0.792. The number of H-pyrrole nitrogens is 1. The topological polar surface area (TPSA) is 66.5 Å². The van der Waals surface area contributed by atoms with Crippen LogP contribution in [-0.4, -0.2) is 34.2 Å². The maximum Gasteiger partial charge on any atom is 0.204 e. The maximum absolute atomic E-state index is 3.95. The summed E-state index contributed by atoms with van der Waals surface area (Å²) in [5.41, 5.74) is 2.27. The third-order valence-electron chi connectivity index (χ3n) is 2.19. The van der Waals surface area contributed by atoms with Crippen molar-refractivity contribution in [3.8, 4) is 11.4 Å². The molecule has 0 spiro atoms. The minimum Gasteiger partial charge on any atom is -0.319 e. The fourth-order valence-corrected chi connectivity index (χ4v) is 1.42. The molecule has 5 heteroatoms. The summed E-state index contributed by atoms with van der Waals surface area (Å²) in [6.07, 6.45) is 1.00. The Morgan fingerprint density at radius 2 is 2.33 bits per heavy atom. The monoisotopic (exact) mass is 203 g/mol. The third kappa shape index (κ3) is 2.38. The van der Waals surface area contributed by atoms with Gasteiger partial charge in [-0.1, -0.05) is 18.2 Å². The molecule has 0 saturated carbocycles. The Balaban J connectivity index is 2.19.